The summed E-state index contributed by atoms with van der Waals surface area (Å²) >= 11 is 0. The highest BCUT2D eigenvalue weighted by Crippen LogP contribution is 2.20. The second-order valence-corrected chi connectivity index (χ2v) is 3.92. The van der Waals surface area contributed by atoms with Gasteiger partial charge in [0.25, 0.3) is 0 Å². The van der Waals surface area contributed by atoms with Crippen molar-refractivity contribution in [3.05, 3.63) is 29.8 Å². The van der Waals surface area contributed by atoms with Crippen LogP contribution in [0.5, 0.6) is 5.75 Å². The molecule has 1 atom stereocenters. The van der Waals surface area contributed by atoms with E-state index >= 15 is 0 Å². The number of nitrogens with zero attached hydrogens (tertiary/aromatic N) is 2. The van der Waals surface area contributed by atoms with Crippen molar-refractivity contribution in [2.24, 2.45) is 0 Å². The van der Waals surface area contributed by atoms with E-state index in [0.717, 1.165) is 31.5 Å². The summed E-state index contributed by atoms with van der Waals surface area (Å²) in [4.78, 5) is 2.19. The van der Waals surface area contributed by atoms with Crippen LogP contribution < -0.4 is 0 Å². The third-order valence-corrected chi connectivity index (χ3v) is 2.83. The van der Waals surface area contributed by atoms with Crippen LogP contribution in [0.2, 0.25) is 0 Å². The molecule has 0 aromatic heterocycles. The molecule has 1 saturated heterocycles. The zero-order valence-corrected chi connectivity index (χ0v) is 8.56. The molecule has 78 valence electrons. The Kier molecular flexibility index (Phi) is 2.89. The molecule has 1 heterocycles. The fourth-order valence-electron chi connectivity index (χ4n) is 2.00. The summed E-state index contributed by atoms with van der Waals surface area (Å²) in [6.07, 6.45) is 2.09. The average molecular weight is 202 g/mol. The lowest BCUT2D eigenvalue weighted by Crippen LogP contribution is -2.27. The van der Waals surface area contributed by atoms with Gasteiger partial charge in [-0.3, -0.25) is 4.90 Å². The van der Waals surface area contributed by atoms with Gasteiger partial charge in [-0.2, -0.15) is 5.26 Å². The van der Waals surface area contributed by atoms with Crippen molar-refractivity contribution < 1.29 is 5.11 Å². The van der Waals surface area contributed by atoms with Crippen molar-refractivity contribution in [1.82, 2.24) is 4.90 Å². The van der Waals surface area contributed by atoms with Gasteiger partial charge in [-0.25, -0.2) is 0 Å². The molecular weight excluding hydrogens is 188 g/mol. The first-order valence-corrected chi connectivity index (χ1v) is 5.21. The summed E-state index contributed by atoms with van der Waals surface area (Å²) in [6.45, 7) is 1.80. The number of nitriles is 1. The first-order valence-electron chi connectivity index (χ1n) is 5.21. The Morgan fingerprint density at radius 3 is 2.80 bits per heavy atom. The highest BCUT2D eigenvalue weighted by Gasteiger charge is 2.23. The van der Waals surface area contributed by atoms with E-state index in [-0.39, 0.29) is 11.8 Å². The van der Waals surface area contributed by atoms with Crippen molar-refractivity contribution in [2.45, 2.75) is 25.4 Å². The van der Waals surface area contributed by atoms with Gasteiger partial charge in [-0.05, 0) is 37.1 Å². The molecule has 3 heteroatoms. The number of hydrogen-bond acceptors (Lipinski definition) is 3. The Labute approximate surface area is 89.6 Å². The van der Waals surface area contributed by atoms with Crippen LogP contribution in [0.15, 0.2) is 24.3 Å². The molecule has 0 radical (unpaired) electrons. The lowest BCUT2D eigenvalue weighted by atomic mass is 10.2. The molecule has 0 amide bonds. The minimum Gasteiger partial charge on any atom is -0.508 e. The van der Waals surface area contributed by atoms with Crippen LogP contribution in [0.3, 0.4) is 0 Å². The number of likely N-dealkylation sites (tertiary alicyclic amines) is 1. The van der Waals surface area contributed by atoms with Crippen LogP contribution in [0.25, 0.3) is 0 Å². The Balaban J connectivity index is 2.03. The van der Waals surface area contributed by atoms with Crippen LogP contribution in [0, 0.1) is 11.3 Å². The zero-order valence-electron chi connectivity index (χ0n) is 8.56. The zero-order chi connectivity index (χ0) is 10.7. The fraction of sp³-hybridized carbons (Fsp3) is 0.417. The fourth-order valence-corrected chi connectivity index (χ4v) is 2.00. The number of phenols is 1. The topological polar surface area (TPSA) is 47.3 Å². The van der Waals surface area contributed by atoms with E-state index in [2.05, 4.69) is 11.0 Å². The normalized spacial score (nSPS) is 21.4. The van der Waals surface area contributed by atoms with Gasteiger partial charge >= 0.3 is 0 Å². The van der Waals surface area contributed by atoms with Gasteiger partial charge in [-0.15, -0.1) is 0 Å². The Morgan fingerprint density at radius 1 is 1.40 bits per heavy atom. The Morgan fingerprint density at radius 2 is 2.13 bits per heavy atom. The maximum absolute atomic E-state index is 9.15. The predicted molar refractivity (Wildman–Crippen MR) is 57.2 cm³/mol. The molecule has 1 fully saturated rings. The van der Waals surface area contributed by atoms with Crippen molar-refractivity contribution >= 4 is 0 Å². The van der Waals surface area contributed by atoms with Gasteiger partial charge < -0.3 is 5.11 Å². The molecule has 1 aromatic carbocycles. The number of rotatable bonds is 2. The Bertz CT molecular complexity index is 366. The predicted octanol–water partition coefficient (Wildman–Crippen LogP) is 1.88. The third-order valence-electron chi connectivity index (χ3n) is 2.83. The quantitative estimate of drug-likeness (QED) is 0.796. The highest BCUT2D eigenvalue weighted by atomic mass is 16.3. The van der Waals surface area contributed by atoms with Gasteiger partial charge in [0.05, 0.1) is 12.1 Å². The van der Waals surface area contributed by atoms with E-state index < -0.39 is 0 Å². The molecule has 1 unspecified atom stereocenters. The SMILES string of the molecule is N#CC1CCCN1Cc1ccc(O)cc1. The molecule has 15 heavy (non-hydrogen) atoms. The molecule has 0 spiro atoms. The molecule has 0 bridgehead atoms. The summed E-state index contributed by atoms with van der Waals surface area (Å²) in [5.74, 6) is 0.289. The number of hydrogen-bond donors (Lipinski definition) is 1. The first-order chi connectivity index (χ1) is 7.29. The van der Waals surface area contributed by atoms with Crippen molar-refractivity contribution in [1.29, 1.82) is 5.26 Å². The molecular formula is C12H14N2O. The summed E-state index contributed by atoms with van der Waals surface area (Å²) < 4.78 is 0. The van der Waals surface area contributed by atoms with E-state index in [1.807, 2.05) is 12.1 Å². The second-order valence-electron chi connectivity index (χ2n) is 3.92. The number of benzene rings is 1. The van der Waals surface area contributed by atoms with Gasteiger partial charge in [0.15, 0.2) is 0 Å². The monoisotopic (exact) mass is 202 g/mol. The minimum absolute atomic E-state index is 0.0683. The molecule has 0 aliphatic carbocycles. The number of aromatic hydroxyl groups is 1. The molecule has 1 aromatic rings. The molecule has 3 nitrogen and oxygen atoms in total. The third kappa shape index (κ3) is 2.28. The summed E-state index contributed by atoms with van der Waals surface area (Å²) in [6, 6.07) is 9.57. The van der Waals surface area contributed by atoms with Crippen LogP contribution in [-0.4, -0.2) is 22.6 Å². The van der Waals surface area contributed by atoms with Crippen LogP contribution in [-0.2, 0) is 6.54 Å². The molecule has 0 saturated carbocycles. The second kappa shape index (κ2) is 4.33. The minimum atomic E-state index is 0.0683. The van der Waals surface area contributed by atoms with E-state index in [4.69, 9.17) is 10.4 Å². The van der Waals surface area contributed by atoms with Crippen LogP contribution in [0.1, 0.15) is 18.4 Å². The molecule has 1 N–H and O–H groups in total. The summed E-state index contributed by atoms with van der Waals surface area (Å²) in [5.41, 5.74) is 1.15. The number of phenolic OH excluding ortho intramolecular Hbond substituents is 1. The maximum Gasteiger partial charge on any atom is 0.115 e. The highest BCUT2D eigenvalue weighted by molar-refractivity contribution is 5.26. The van der Waals surface area contributed by atoms with E-state index in [0.29, 0.717) is 0 Å². The van der Waals surface area contributed by atoms with Gasteiger partial charge in [0, 0.05) is 6.54 Å². The molecule has 2 rings (SSSR count). The van der Waals surface area contributed by atoms with Gasteiger partial charge in [0.1, 0.15) is 5.75 Å². The van der Waals surface area contributed by atoms with Crippen molar-refractivity contribution in [2.75, 3.05) is 6.54 Å². The van der Waals surface area contributed by atoms with Gasteiger partial charge in [0.2, 0.25) is 0 Å². The summed E-state index contributed by atoms with van der Waals surface area (Å²) in [7, 11) is 0. The van der Waals surface area contributed by atoms with Crippen LogP contribution in [0.4, 0.5) is 0 Å². The van der Waals surface area contributed by atoms with E-state index in [9.17, 15) is 0 Å². The smallest absolute Gasteiger partial charge is 0.115 e. The first kappa shape index (κ1) is 10.0. The van der Waals surface area contributed by atoms with E-state index in [1.165, 1.54) is 0 Å². The largest absolute Gasteiger partial charge is 0.508 e. The average Bonchev–Trinajstić information content (AvgIpc) is 2.69. The van der Waals surface area contributed by atoms with Crippen molar-refractivity contribution in [3.8, 4) is 11.8 Å². The molecule has 1 aliphatic rings. The summed E-state index contributed by atoms with van der Waals surface area (Å²) in [5, 5.41) is 18.1. The maximum atomic E-state index is 9.15. The lowest BCUT2D eigenvalue weighted by molar-refractivity contribution is 0.286. The van der Waals surface area contributed by atoms with Crippen molar-refractivity contribution in [3.63, 3.8) is 0 Å². The van der Waals surface area contributed by atoms with Gasteiger partial charge in [-0.1, -0.05) is 12.1 Å². The standard InChI is InChI=1S/C12H14N2O/c13-8-11-2-1-7-14(11)9-10-3-5-12(15)6-4-10/h3-6,11,15H,1-2,7,9H2. The van der Waals surface area contributed by atoms with Crippen LogP contribution >= 0.6 is 0 Å². The van der Waals surface area contributed by atoms with E-state index in [1.54, 1.807) is 12.1 Å². The lowest BCUT2D eigenvalue weighted by Gasteiger charge is -2.18. The Hall–Kier alpha value is -1.53. The molecule has 1 aliphatic heterocycles.